The van der Waals surface area contributed by atoms with Crippen LogP contribution in [0.15, 0.2) is 6.20 Å². The fourth-order valence-electron chi connectivity index (χ4n) is 1.21. The molecule has 108 valence electrons. The van der Waals surface area contributed by atoms with Crippen molar-refractivity contribution in [3.05, 3.63) is 11.9 Å². The fraction of sp³-hybridized carbons (Fsp3) is 0.667. The molecule has 1 aromatic rings. The molecule has 1 amide bonds. The van der Waals surface area contributed by atoms with Gasteiger partial charge in [0, 0.05) is 27.2 Å². The number of carbonyl (C=O) groups is 1. The summed E-state index contributed by atoms with van der Waals surface area (Å²) in [6, 6.07) is 0. The van der Waals surface area contributed by atoms with Crippen LogP contribution in [-0.2, 0) is 27.9 Å². The number of nitrogens with two attached hydrogens (primary N) is 1. The molecule has 0 saturated carbocycles. The lowest BCUT2D eigenvalue weighted by Crippen LogP contribution is -2.35. The van der Waals surface area contributed by atoms with Gasteiger partial charge in [-0.05, 0) is 0 Å². The average molecular weight is 290 g/mol. The van der Waals surface area contributed by atoms with Crippen molar-refractivity contribution in [3.8, 4) is 0 Å². The van der Waals surface area contributed by atoms with Crippen molar-refractivity contribution in [1.82, 2.24) is 24.6 Å². The maximum Gasteiger partial charge on any atom is 0.241 e. The van der Waals surface area contributed by atoms with Gasteiger partial charge >= 0.3 is 0 Å². The number of hydrogen-bond donors (Lipinski definition) is 2. The van der Waals surface area contributed by atoms with Gasteiger partial charge in [-0.25, -0.2) is 17.4 Å². The molecule has 0 atom stereocenters. The van der Waals surface area contributed by atoms with Crippen LogP contribution < -0.4 is 11.1 Å². The third-order valence-corrected chi connectivity index (χ3v) is 4.17. The molecule has 9 nitrogen and oxygen atoms in total. The Morgan fingerprint density at radius 1 is 1.53 bits per heavy atom. The predicted octanol–water partition coefficient (Wildman–Crippen LogP) is -2.26. The van der Waals surface area contributed by atoms with Crippen molar-refractivity contribution in [2.24, 2.45) is 5.73 Å². The minimum Gasteiger partial charge on any atom is -0.353 e. The summed E-state index contributed by atoms with van der Waals surface area (Å²) in [6.45, 7) is 0.287. The highest BCUT2D eigenvalue weighted by Gasteiger charge is 2.13. The highest BCUT2D eigenvalue weighted by atomic mass is 32.2. The summed E-state index contributed by atoms with van der Waals surface area (Å²) in [7, 11) is -0.409. The number of amides is 1. The van der Waals surface area contributed by atoms with E-state index in [1.54, 1.807) is 6.20 Å². The molecule has 19 heavy (non-hydrogen) atoms. The van der Waals surface area contributed by atoms with Gasteiger partial charge in [0.2, 0.25) is 15.9 Å². The molecule has 0 aliphatic rings. The summed E-state index contributed by atoms with van der Waals surface area (Å²) in [5.41, 5.74) is 5.95. The first-order chi connectivity index (χ1) is 8.85. The lowest BCUT2D eigenvalue weighted by Gasteiger charge is -2.11. The predicted molar refractivity (Wildman–Crippen MR) is 68.4 cm³/mol. The summed E-state index contributed by atoms with van der Waals surface area (Å²) in [5.74, 6) is -0.473. The normalized spacial score (nSPS) is 11.8. The second kappa shape index (κ2) is 6.59. The van der Waals surface area contributed by atoms with Crippen molar-refractivity contribution >= 4 is 15.9 Å². The minimum atomic E-state index is -3.30. The number of nitrogens with zero attached hydrogens (tertiary/aromatic N) is 4. The van der Waals surface area contributed by atoms with Gasteiger partial charge in [-0.1, -0.05) is 5.21 Å². The number of sulfonamides is 1. The molecule has 3 N–H and O–H groups in total. The van der Waals surface area contributed by atoms with Crippen LogP contribution >= 0.6 is 0 Å². The molecule has 0 saturated heterocycles. The monoisotopic (exact) mass is 290 g/mol. The number of nitrogens with one attached hydrogen (secondary N) is 1. The quantitative estimate of drug-likeness (QED) is 0.584. The van der Waals surface area contributed by atoms with E-state index in [-0.39, 0.29) is 31.3 Å². The van der Waals surface area contributed by atoms with E-state index in [2.05, 4.69) is 15.6 Å². The van der Waals surface area contributed by atoms with Crippen molar-refractivity contribution in [3.63, 3.8) is 0 Å². The molecule has 0 spiro atoms. The Hall–Kier alpha value is -1.52. The summed E-state index contributed by atoms with van der Waals surface area (Å²) in [6.07, 6.45) is 1.57. The zero-order chi connectivity index (χ0) is 14.5. The molecular formula is C9H18N6O3S. The van der Waals surface area contributed by atoms with Gasteiger partial charge < -0.3 is 11.1 Å². The van der Waals surface area contributed by atoms with Gasteiger partial charge in [-0.3, -0.25) is 4.79 Å². The molecule has 1 rings (SSSR count). The van der Waals surface area contributed by atoms with Crippen LogP contribution in [0.25, 0.3) is 0 Å². The molecule has 0 radical (unpaired) electrons. The van der Waals surface area contributed by atoms with Crippen molar-refractivity contribution in [1.29, 1.82) is 0 Å². The van der Waals surface area contributed by atoms with Gasteiger partial charge in [0.05, 0.1) is 17.6 Å². The SMILES string of the molecule is CN(C)S(=O)(=O)CCNC(=O)Cn1cc(CN)nn1. The van der Waals surface area contributed by atoms with E-state index in [9.17, 15) is 13.2 Å². The van der Waals surface area contributed by atoms with Gasteiger partial charge in [0.1, 0.15) is 6.54 Å². The van der Waals surface area contributed by atoms with E-state index < -0.39 is 10.0 Å². The molecule has 0 aliphatic heterocycles. The van der Waals surface area contributed by atoms with Crippen molar-refractivity contribution < 1.29 is 13.2 Å². The van der Waals surface area contributed by atoms with Gasteiger partial charge in [-0.15, -0.1) is 5.10 Å². The van der Waals surface area contributed by atoms with Crippen LogP contribution in [0.4, 0.5) is 0 Å². The highest BCUT2D eigenvalue weighted by Crippen LogP contribution is 1.93. The Balaban J connectivity index is 2.36. The summed E-state index contributed by atoms with van der Waals surface area (Å²) >= 11 is 0. The Bertz CT molecular complexity index is 524. The lowest BCUT2D eigenvalue weighted by atomic mass is 10.5. The second-order valence-electron chi connectivity index (χ2n) is 4.06. The Morgan fingerprint density at radius 3 is 2.74 bits per heavy atom. The average Bonchev–Trinajstić information content (AvgIpc) is 2.76. The lowest BCUT2D eigenvalue weighted by molar-refractivity contribution is -0.121. The van der Waals surface area contributed by atoms with E-state index in [1.807, 2.05) is 0 Å². The highest BCUT2D eigenvalue weighted by molar-refractivity contribution is 7.89. The fourth-order valence-corrected chi connectivity index (χ4v) is 1.94. The smallest absolute Gasteiger partial charge is 0.241 e. The van der Waals surface area contributed by atoms with Gasteiger partial charge in [0.25, 0.3) is 0 Å². The number of carbonyl (C=O) groups excluding carboxylic acids is 1. The summed E-state index contributed by atoms with van der Waals surface area (Å²) in [4.78, 5) is 11.5. The Morgan fingerprint density at radius 2 is 2.21 bits per heavy atom. The number of aromatic nitrogens is 3. The van der Waals surface area contributed by atoms with Crippen molar-refractivity contribution in [2.75, 3.05) is 26.4 Å². The van der Waals surface area contributed by atoms with E-state index in [0.29, 0.717) is 5.69 Å². The first kappa shape index (κ1) is 15.5. The number of rotatable bonds is 7. The molecule has 1 heterocycles. The largest absolute Gasteiger partial charge is 0.353 e. The van der Waals surface area contributed by atoms with Crippen LogP contribution in [0.5, 0.6) is 0 Å². The first-order valence-electron chi connectivity index (χ1n) is 5.61. The van der Waals surface area contributed by atoms with Crippen LogP contribution in [0.3, 0.4) is 0 Å². The van der Waals surface area contributed by atoms with Crippen LogP contribution in [0.1, 0.15) is 5.69 Å². The first-order valence-corrected chi connectivity index (χ1v) is 7.22. The van der Waals surface area contributed by atoms with E-state index in [4.69, 9.17) is 5.73 Å². The van der Waals surface area contributed by atoms with Crippen molar-refractivity contribution in [2.45, 2.75) is 13.1 Å². The molecule has 1 aromatic heterocycles. The Kier molecular flexibility index (Phi) is 5.39. The van der Waals surface area contributed by atoms with Gasteiger partial charge in [-0.2, -0.15) is 0 Å². The summed E-state index contributed by atoms with van der Waals surface area (Å²) < 4.78 is 25.4. The Labute approximate surface area is 111 Å². The molecule has 10 heteroatoms. The van der Waals surface area contributed by atoms with E-state index in [1.165, 1.54) is 18.8 Å². The number of hydrogen-bond acceptors (Lipinski definition) is 6. The molecule has 0 unspecified atom stereocenters. The maximum atomic E-state index is 11.5. The molecule has 0 fully saturated rings. The third kappa shape index (κ3) is 4.93. The summed E-state index contributed by atoms with van der Waals surface area (Å²) in [5, 5.41) is 9.95. The molecule has 0 aliphatic carbocycles. The topological polar surface area (TPSA) is 123 Å². The molecular weight excluding hydrogens is 272 g/mol. The van der Waals surface area contributed by atoms with E-state index in [0.717, 1.165) is 4.31 Å². The zero-order valence-electron chi connectivity index (χ0n) is 10.9. The molecule has 0 bridgehead atoms. The zero-order valence-corrected chi connectivity index (χ0v) is 11.7. The van der Waals surface area contributed by atoms with Crippen LogP contribution in [-0.4, -0.2) is 60.0 Å². The van der Waals surface area contributed by atoms with E-state index >= 15 is 0 Å². The van der Waals surface area contributed by atoms with Crippen LogP contribution in [0, 0.1) is 0 Å². The molecule has 0 aromatic carbocycles. The maximum absolute atomic E-state index is 11.5. The minimum absolute atomic E-state index is 0.0188. The third-order valence-electron chi connectivity index (χ3n) is 2.34. The van der Waals surface area contributed by atoms with Crippen LogP contribution in [0.2, 0.25) is 0 Å². The standard InChI is InChI=1S/C9H18N6O3S/c1-14(2)19(17,18)4-3-11-9(16)7-15-6-8(5-10)12-13-15/h6H,3-5,7,10H2,1-2H3,(H,11,16). The van der Waals surface area contributed by atoms with Gasteiger partial charge in [0.15, 0.2) is 0 Å². The second-order valence-corrected chi connectivity index (χ2v) is 6.36.